The summed E-state index contributed by atoms with van der Waals surface area (Å²) >= 11 is 1.42. The Labute approximate surface area is 170 Å². The van der Waals surface area contributed by atoms with Crippen molar-refractivity contribution in [1.82, 2.24) is 19.7 Å². The van der Waals surface area contributed by atoms with E-state index in [1.807, 2.05) is 77.2 Å². The van der Waals surface area contributed by atoms with Crippen molar-refractivity contribution in [3.63, 3.8) is 0 Å². The lowest BCUT2D eigenvalue weighted by atomic mass is 10.0. The first-order chi connectivity index (χ1) is 13.4. The Hall–Kier alpha value is -2.60. The Bertz CT molecular complexity index is 917. The molecular formula is C22H26N4OS. The summed E-state index contributed by atoms with van der Waals surface area (Å²) < 4.78 is 1.94. The van der Waals surface area contributed by atoms with Crippen molar-refractivity contribution in [3.8, 4) is 11.4 Å². The zero-order valence-corrected chi connectivity index (χ0v) is 17.6. The van der Waals surface area contributed by atoms with Gasteiger partial charge in [0.2, 0.25) is 5.91 Å². The molecule has 0 N–H and O–H groups in total. The van der Waals surface area contributed by atoms with Crippen LogP contribution in [-0.4, -0.2) is 36.9 Å². The highest BCUT2D eigenvalue weighted by atomic mass is 32.2. The van der Waals surface area contributed by atoms with Gasteiger partial charge in [-0.25, -0.2) is 0 Å². The van der Waals surface area contributed by atoms with Crippen LogP contribution in [0.4, 0.5) is 0 Å². The number of rotatable bonds is 6. The van der Waals surface area contributed by atoms with Crippen LogP contribution in [0.1, 0.15) is 26.3 Å². The van der Waals surface area contributed by atoms with Crippen molar-refractivity contribution in [2.24, 2.45) is 7.05 Å². The van der Waals surface area contributed by atoms with E-state index in [9.17, 15) is 4.79 Å². The van der Waals surface area contributed by atoms with Crippen molar-refractivity contribution in [2.45, 2.75) is 38.0 Å². The summed E-state index contributed by atoms with van der Waals surface area (Å²) in [5.41, 5.74) is 1.87. The highest BCUT2D eigenvalue weighted by molar-refractivity contribution is 7.99. The maximum Gasteiger partial charge on any atom is 0.233 e. The molecule has 0 aliphatic rings. The van der Waals surface area contributed by atoms with Crippen molar-refractivity contribution in [1.29, 1.82) is 0 Å². The highest BCUT2D eigenvalue weighted by Crippen LogP contribution is 2.24. The smallest absolute Gasteiger partial charge is 0.233 e. The van der Waals surface area contributed by atoms with Gasteiger partial charge in [-0.2, -0.15) is 0 Å². The van der Waals surface area contributed by atoms with Crippen molar-refractivity contribution in [2.75, 3.05) is 5.75 Å². The summed E-state index contributed by atoms with van der Waals surface area (Å²) in [6, 6.07) is 20.0. The molecule has 28 heavy (non-hydrogen) atoms. The molecule has 1 aromatic heterocycles. The molecule has 1 heterocycles. The largest absolute Gasteiger partial charge is 0.333 e. The molecule has 3 aromatic rings. The van der Waals surface area contributed by atoms with Gasteiger partial charge in [0, 0.05) is 24.7 Å². The van der Waals surface area contributed by atoms with Crippen LogP contribution in [0.2, 0.25) is 0 Å². The number of thioether (sulfide) groups is 1. The number of amides is 1. The summed E-state index contributed by atoms with van der Waals surface area (Å²) in [7, 11) is 1.93. The van der Waals surface area contributed by atoms with E-state index >= 15 is 0 Å². The summed E-state index contributed by atoms with van der Waals surface area (Å²) in [4.78, 5) is 14.9. The minimum absolute atomic E-state index is 0.0885. The molecule has 0 fully saturated rings. The van der Waals surface area contributed by atoms with Crippen LogP contribution in [0.15, 0.2) is 65.8 Å². The van der Waals surface area contributed by atoms with E-state index in [2.05, 4.69) is 31.0 Å². The first kappa shape index (κ1) is 20.1. The van der Waals surface area contributed by atoms with Gasteiger partial charge in [-0.1, -0.05) is 72.4 Å². The number of benzene rings is 2. The van der Waals surface area contributed by atoms with Crippen LogP contribution in [0, 0.1) is 0 Å². The molecule has 0 radical (unpaired) electrons. The Morgan fingerprint density at radius 3 is 2.21 bits per heavy atom. The van der Waals surface area contributed by atoms with Gasteiger partial charge >= 0.3 is 0 Å². The van der Waals surface area contributed by atoms with Crippen molar-refractivity contribution >= 4 is 17.7 Å². The molecule has 5 nitrogen and oxygen atoms in total. The molecule has 0 unspecified atom stereocenters. The summed E-state index contributed by atoms with van der Waals surface area (Å²) in [5, 5.41) is 9.30. The van der Waals surface area contributed by atoms with Gasteiger partial charge in [-0.3, -0.25) is 4.79 Å². The van der Waals surface area contributed by atoms with Gasteiger partial charge in [-0.05, 0) is 26.3 Å². The third-order valence-electron chi connectivity index (χ3n) is 4.49. The second-order valence-corrected chi connectivity index (χ2v) is 8.60. The van der Waals surface area contributed by atoms with E-state index in [1.54, 1.807) is 0 Å². The van der Waals surface area contributed by atoms with Gasteiger partial charge in [-0.15, -0.1) is 10.2 Å². The standard InChI is InChI=1S/C22H26N4OS/c1-22(2,3)26(15-17-11-7-5-8-12-17)19(27)16-28-21-24-23-20(25(21)4)18-13-9-6-10-14-18/h5-14H,15-16H2,1-4H3. The van der Waals surface area contributed by atoms with Crippen LogP contribution < -0.4 is 0 Å². The summed E-state index contributed by atoms with van der Waals surface area (Å²) in [5.74, 6) is 1.21. The van der Waals surface area contributed by atoms with Crippen molar-refractivity contribution in [3.05, 3.63) is 66.2 Å². The highest BCUT2D eigenvalue weighted by Gasteiger charge is 2.27. The van der Waals surface area contributed by atoms with E-state index in [0.29, 0.717) is 12.3 Å². The molecule has 0 saturated heterocycles. The van der Waals surface area contributed by atoms with E-state index < -0.39 is 0 Å². The molecular weight excluding hydrogens is 368 g/mol. The first-order valence-corrected chi connectivity index (χ1v) is 10.3. The third kappa shape index (κ3) is 4.81. The quantitative estimate of drug-likeness (QED) is 0.582. The Morgan fingerprint density at radius 1 is 1.00 bits per heavy atom. The SMILES string of the molecule is Cn1c(SCC(=O)N(Cc2ccccc2)C(C)(C)C)nnc1-c1ccccc1. The summed E-state index contributed by atoms with van der Waals surface area (Å²) in [6.45, 7) is 6.79. The Balaban J connectivity index is 1.70. The number of carbonyl (C=O) groups is 1. The molecule has 0 spiro atoms. The molecule has 0 saturated carbocycles. The number of aromatic nitrogens is 3. The lowest BCUT2D eigenvalue weighted by Crippen LogP contribution is -2.45. The first-order valence-electron chi connectivity index (χ1n) is 9.28. The second kappa shape index (κ2) is 8.61. The number of hydrogen-bond donors (Lipinski definition) is 0. The molecule has 146 valence electrons. The van der Waals surface area contributed by atoms with E-state index in [4.69, 9.17) is 0 Å². The average molecular weight is 395 g/mol. The number of nitrogens with zero attached hydrogens (tertiary/aromatic N) is 4. The Kier molecular flexibility index (Phi) is 6.19. The maximum absolute atomic E-state index is 13.0. The monoisotopic (exact) mass is 394 g/mol. The number of hydrogen-bond acceptors (Lipinski definition) is 4. The normalized spacial score (nSPS) is 11.4. The van der Waals surface area contributed by atoms with Gasteiger partial charge in [0.25, 0.3) is 0 Å². The third-order valence-corrected chi connectivity index (χ3v) is 5.49. The van der Waals surface area contributed by atoms with E-state index in [1.165, 1.54) is 11.8 Å². The fourth-order valence-electron chi connectivity index (χ4n) is 2.95. The van der Waals surface area contributed by atoms with Gasteiger partial charge in [0.05, 0.1) is 5.75 Å². The van der Waals surface area contributed by atoms with E-state index in [-0.39, 0.29) is 11.4 Å². The molecule has 2 aromatic carbocycles. The lowest BCUT2D eigenvalue weighted by molar-refractivity contribution is -0.133. The van der Waals surface area contributed by atoms with Crippen LogP contribution in [0.5, 0.6) is 0 Å². The fraction of sp³-hybridized carbons (Fsp3) is 0.318. The van der Waals surface area contributed by atoms with Gasteiger partial charge in [0.1, 0.15) is 0 Å². The minimum atomic E-state index is -0.261. The summed E-state index contributed by atoms with van der Waals surface area (Å²) in [6.07, 6.45) is 0. The Morgan fingerprint density at radius 2 is 1.61 bits per heavy atom. The fourth-order valence-corrected chi connectivity index (χ4v) is 3.74. The minimum Gasteiger partial charge on any atom is -0.333 e. The maximum atomic E-state index is 13.0. The predicted octanol–water partition coefficient (Wildman–Crippen LogP) is 4.40. The second-order valence-electron chi connectivity index (χ2n) is 7.66. The molecule has 0 atom stereocenters. The van der Waals surface area contributed by atoms with Gasteiger partial charge < -0.3 is 9.47 Å². The topological polar surface area (TPSA) is 51.0 Å². The number of carbonyl (C=O) groups excluding carboxylic acids is 1. The average Bonchev–Trinajstić information content (AvgIpc) is 3.05. The van der Waals surface area contributed by atoms with Crippen LogP contribution >= 0.6 is 11.8 Å². The predicted molar refractivity (Wildman–Crippen MR) is 114 cm³/mol. The lowest BCUT2D eigenvalue weighted by Gasteiger charge is -2.36. The molecule has 1 amide bonds. The molecule has 0 aliphatic heterocycles. The van der Waals surface area contributed by atoms with Crippen LogP contribution in [0.25, 0.3) is 11.4 Å². The zero-order chi connectivity index (χ0) is 20.1. The van der Waals surface area contributed by atoms with Crippen molar-refractivity contribution < 1.29 is 4.79 Å². The zero-order valence-electron chi connectivity index (χ0n) is 16.8. The van der Waals surface area contributed by atoms with Crippen LogP contribution in [-0.2, 0) is 18.4 Å². The molecule has 0 bridgehead atoms. The molecule has 6 heteroatoms. The van der Waals surface area contributed by atoms with Crippen LogP contribution in [0.3, 0.4) is 0 Å². The molecule has 3 rings (SSSR count). The van der Waals surface area contributed by atoms with Gasteiger partial charge in [0.15, 0.2) is 11.0 Å². The van der Waals surface area contributed by atoms with E-state index in [0.717, 1.165) is 22.1 Å². The molecule has 0 aliphatic carbocycles.